The molecule has 1 saturated carbocycles. The predicted octanol–water partition coefficient (Wildman–Crippen LogP) is 2.58. The number of nitrogens with two attached hydrogens (primary N) is 1. The van der Waals surface area contributed by atoms with Gasteiger partial charge >= 0.3 is 0 Å². The first-order valence-electron chi connectivity index (χ1n) is 7.44. The van der Waals surface area contributed by atoms with Crippen molar-refractivity contribution < 1.29 is 0 Å². The summed E-state index contributed by atoms with van der Waals surface area (Å²) in [5.74, 6) is 1.52. The minimum absolute atomic E-state index is 0.490. The van der Waals surface area contributed by atoms with E-state index in [1.807, 2.05) is 30.5 Å². The standard InChI is InChI=1S/C16H22N4/c1-20(15-9-5-2-6-12(15)10-17)16-11-18-13-7-3-4-8-14(13)19-16/h3-4,7-8,11-12,15H,2,5-6,9-10,17H2,1H3. The van der Waals surface area contributed by atoms with Crippen LogP contribution in [0.3, 0.4) is 0 Å². The largest absolute Gasteiger partial charge is 0.355 e. The lowest BCUT2D eigenvalue weighted by molar-refractivity contribution is 0.305. The van der Waals surface area contributed by atoms with Gasteiger partial charge in [-0.3, -0.25) is 4.98 Å². The first kappa shape index (κ1) is 13.3. The molecule has 0 aliphatic heterocycles. The summed E-state index contributed by atoms with van der Waals surface area (Å²) < 4.78 is 0. The number of rotatable bonds is 3. The topological polar surface area (TPSA) is 55.0 Å². The van der Waals surface area contributed by atoms with Crippen LogP contribution in [0.1, 0.15) is 25.7 Å². The van der Waals surface area contributed by atoms with Crippen molar-refractivity contribution in [3.05, 3.63) is 30.5 Å². The molecule has 0 bridgehead atoms. The summed E-state index contributed by atoms with van der Waals surface area (Å²) in [6.45, 7) is 0.760. The Balaban J connectivity index is 1.89. The van der Waals surface area contributed by atoms with E-state index in [1.54, 1.807) is 0 Å². The van der Waals surface area contributed by atoms with Gasteiger partial charge in [-0.05, 0) is 37.4 Å². The number of hydrogen-bond donors (Lipinski definition) is 1. The molecule has 0 radical (unpaired) electrons. The van der Waals surface area contributed by atoms with Crippen LogP contribution in [0, 0.1) is 5.92 Å². The Morgan fingerprint density at radius 1 is 1.20 bits per heavy atom. The van der Waals surface area contributed by atoms with Gasteiger partial charge in [0.15, 0.2) is 0 Å². The van der Waals surface area contributed by atoms with E-state index in [2.05, 4.69) is 16.9 Å². The highest BCUT2D eigenvalue weighted by Gasteiger charge is 2.28. The summed E-state index contributed by atoms with van der Waals surface area (Å²) in [6.07, 6.45) is 6.89. The molecule has 0 saturated heterocycles. The molecule has 4 heteroatoms. The third-order valence-corrected chi connectivity index (χ3v) is 4.47. The summed E-state index contributed by atoms with van der Waals surface area (Å²) in [6, 6.07) is 8.50. The van der Waals surface area contributed by atoms with E-state index in [0.29, 0.717) is 12.0 Å². The van der Waals surface area contributed by atoms with Gasteiger partial charge in [0.05, 0.1) is 17.2 Å². The van der Waals surface area contributed by atoms with Crippen LogP contribution in [0.2, 0.25) is 0 Å². The van der Waals surface area contributed by atoms with Gasteiger partial charge in [-0.1, -0.05) is 25.0 Å². The second kappa shape index (κ2) is 5.75. The van der Waals surface area contributed by atoms with Gasteiger partial charge in [0, 0.05) is 13.1 Å². The Kier molecular flexibility index (Phi) is 3.83. The van der Waals surface area contributed by atoms with Gasteiger partial charge in [-0.25, -0.2) is 4.98 Å². The van der Waals surface area contributed by atoms with Crippen molar-refractivity contribution in [3.8, 4) is 0 Å². The number of anilines is 1. The predicted molar refractivity (Wildman–Crippen MR) is 82.7 cm³/mol. The zero-order valence-corrected chi connectivity index (χ0v) is 12.0. The smallest absolute Gasteiger partial charge is 0.147 e. The van der Waals surface area contributed by atoms with Crippen LogP contribution in [-0.2, 0) is 0 Å². The second-order valence-electron chi connectivity index (χ2n) is 5.68. The first-order valence-corrected chi connectivity index (χ1v) is 7.44. The van der Waals surface area contributed by atoms with Crippen LogP contribution in [0.4, 0.5) is 5.82 Å². The molecule has 1 heterocycles. The van der Waals surface area contributed by atoms with E-state index in [9.17, 15) is 0 Å². The number of hydrogen-bond acceptors (Lipinski definition) is 4. The molecule has 0 amide bonds. The minimum atomic E-state index is 0.490. The summed E-state index contributed by atoms with van der Waals surface area (Å²) in [4.78, 5) is 11.5. The second-order valence-corrected chi connectivity index (χ2v) is 5.68. The van der Waals surface area contributed by atoms with Crippen LogP contribution in [0.5, 0.6) is 0 Å². The maximum atomic E-state index is 5.94. The average Bonchev–Trinajstić information content (AvgIpc) is 2.53. The van der Waals surface area contributed by atoms with E-state index >= 15 is 0 Å². The SMILES string of the molecule is CN(c1cnc2ccccc2n1)C1CCCCC1CN. The number of benzene rings is 1. The number of para-hydroxylation sites is 2. The van der Waals surface area contributed by atoms with Crippen molar-refractivity contribution in [2.45, 2.75) is 31.7 Å². The lowest BCUT2D eigenvalue weighted by Gasteiger charge is -2.38. The fourth-order valence-corrected chi connectivity index (χ4v) is 3.26. The third kappa shape index (κ3) is 2.48. The van der Waals surface area contributed by atoms with Gasteiger partial charge in [0.1, 0.15) is 5.82 Å². The van der Waals surface area contributed by atoms with Crippen LogP contribution >= 0.6 is 0 Å². The molecule has 4 nitrogen and oxygen atoms in total. The summed E-state index contributed by atoms with van der Waals surface area (Å²) in [5.41, 5.74) is 7.84. The maximum Gasteiger partial charge on any atom is 0.147 e. The molecule has 2 atom stereocenters. The summed E-state index contributed by atoms with van der Waals surface area (Å²) in [7, 11) is 2.12. The fraction of sp³-hybridized carbons (Fsp3) is 0.500. The van der Waals surface area contributed by atoms with Crippen molar-refractivity contribution in [3.63, 3.8) is 0 Å². The Morgan fingerprint density at radius 2 is 1.95 bits per heavy atom. The van der Waals surface area contributed by atoms with Crippen molar-refractivity contribution in [2.75, 3.05) is 18.5 Å². The van der Waals surface area contributed by atoms with Gasteiger partial charge in [0.25, 0.3) is 0 Å². The Hall–Kier alpha value is -1.68. The molecule has 1 aromatic heterocycles. The molecule has 1 aliphatic carbocycles. The highest BCUT2D eigenvalue weighted by Crippen LogP contribution is 2.29. The van der Waals surface area contributed by atoms with Crippen molar-refractivity contribution >= 4 is 16.9 Å². The summed E-state index contributed by atoms with van der Waals surface area (Å²) >= 11 is 0. The molecule has 1 fully saturated rings. The van der Waals surface area contributed by atoms with Gasteiger partial charge in [-0.2, -0.15) is 0 Å². The normalized spacial score (nSPS) is 22.9. The number of nitrogens with zero attached hydrogens (tertiary/aromatic N) is 3. The molecule has 0 spiro atoms. The summed E-state index contributed by atoms with van der Waals surface area (Å²) in [5, 5.41) is 0. The van der Waals surface area contributed by atoms with Crippen molar-refractivity contribution in [2.24, 2.45) is 11.7 Å². The third-order valence-electron chi connectivity index (χ3n) is 4.47. The van der Waals surface area contributed by atoms with E-state index in [0.717, 1.165) is 23.4 Å². The van der Waals surface area contributed by atoms with E-state index < -0.39 is 0 Å². The molecular weight excluding hydrogens is 248 g/mol. The van der Waals surface area contributed by atoms with Crippen molar-refractivity contribution in [1.29, 1.82) is 0 Å². The lowest BCUT2D eigenvalue weighted by atomic mass is 9.84. The lowest BCUT2D eigenvalue weighted by Crippen LogP contribution is -2.43. The van der Waals surface area contributed by atoms with E-state index in [4.69, 9.17) is 10.7 Å². The molecule has 2 aromatic rings. The maximum absolute atomic E-state index is 5.94. The molecule has 106 valence electrons. The first-order chi connectivity index (χ1) is 9.79. The Morgan fingerprint density at radius 3 is 2.75 bits per heavy atom. The highest BCUT2D eigenvalue weighted by molar-refractivity contribution is 5.75. The minimum Gasteiger partial charge on any atom is -0.355 e. The van der Waals surface area contributed by atoms with Gasteiger partial charge < -0.3 is 10.6 Å². The van der Waals surface area contributed by atoms with Crippen LogP contribution in [0.15, 0.2) is 30.5 Å². The Labute approximate surface area is 120 Å². The average molecular weight is 270 g/mol. The molecule has 20 heavy (non-hydrogen) atoms. The quantitative estimate of drug-likeness (QED) is 0.931. The van der Waals surface area contributed by atoms with E-state index in [1.165, 1.54) is 25.7 Å². The molecule has 3 rings (SSSR count). The van der Waals surface area contributed by atoms with E-state index in [-0.39, 0.29) is 0 Å². The van der Waals surface area contributed by atoms with Crippen molar-refractivity contribution in [1.82, 2.24) is 9.97 Å². The number of aromatic nitrogens is 2. The van der Waals surface area contributed by atoms with Gasteiger partial charge in [0.2, 0.25) is 0 Å². The monoisotopic (exact) mass is 270 g/mol. The molecule has 2 unspecified atom stereocenters. The fourth-order valence-electron chi connectivity index (χ4n) is 3.26. The molecule has 1 aliphatic rings. The highest BCUT2D eigenvalue weighted by atomic mass is 15.2. The zero-order chi connectivity index (χ0) is 13.9. The van der Waals surface area contributed by atoms with Crippen LogP contribution in [-0.4, -0.2) is 29.6 Å². The molecule has 2 N–H and O–H groups in total. The van der Waals surface area contributed by atoms with Gasteiger partial charge in [-0.15, -0.1) is 0 Å². The van der Waals surface area contributed by atoms with Crippen LogP contribution < -0.4 is 10.6 Å². The molecule has 1 aromatic carbocycles. The molecular formula is C16H22N4. The number of fused-ring (bicyclic) bond motifs is 1. The van der Waals surface area contributed by atoms with Crippen LogP contribution in [0.25, 0.3) is 11.0 Å². The zero-order valence-electron chi connectivity index (χ0n) is 12.0. The Bertz CT molecular complexity index is 583.